The smallest absolute Gasteiger partial charge is 0.780 e. The van der Waals surface area contributed by atoms with Crippen molar-refractivity contribution >= 4 is 7.82 Å². The van der Waals surface area contributed by atoms with E-state index in [0.717, 1.165) is 0 Å². The molecule has 0 radical (unpaired) electrons. The van der Waals surface area contributed by atoms with E-state index in [-0.39, 0.29) is 34.2 Å². The predicted octanol–water partition coefficient (Wildman–Crippen LogP) is 0.142. The van der Waals surface area contributed by atoms with Crippen LogP contribution in [-0.4, -0.2) is 0 Å². The minimum atomic E-state index is -4.90. The van der Waals surface area contributed by atoms with Crippen molar-refractivity contribution in [2.75, 3.05) is 0 Å². The molecule has 0 unspecified atom stereocenters. The first-order chi connectivity index (χ1) is 5.08. The molecule has 1 aromatic carbocycles. The van der Waals surface area contributed by atoms with Gasteiger partial charge >= 0.3 is 21.1 Å². The van der Waals surface area contributed by atoms with Crippen LogP contribution in [0.1, 0.15) is 0 Å². The van der Waals surface area contributed by atoms with E-state index in [4.69, 9.17) is 0 Å². The molecule has 0 saturated heterocycles. The molecular formula is C7H7O4PW-2. The Labute approximate surface area is 91.4 Å². The molecule has 72 valence electrons. The fourth-order valence-electron chi connectivity index (χ4n) is 0.562. The van der Waals surface area contributed by atoms with Gasteiger partial charge in [0.2, 0.25) is 0 Å². The Morgan fingerprint density at radius 3 is 2.15 bits per heavy atom. The van der Waals surface area contributed by atoms with Gasteiger partial charge in [-0.05, 0) is 0 Å². The number of rotatable bonds is 2. The summed E-state index contributed by atoms with van der Waals surface area (Å²) in [6.45, 7) is 0. The maximum absolute atomic E-state index is 10.0. The maximum Gasteiger partial charge on any atom is 2.00 e. The fraction of sp³-hybridized carbons (Fsp3) is 0. The van der Waals surface area contributed by atoms with E-state index in [1.807, 2.05) is 0 Å². The number of hydrogen-bond donors (Lipinski definition) is 0. The zero-order valence-electron chi connectivity index (χ0n) is 6.80. The second kappa shape index (κ2) is 6.33. The summed E-state index contributed by atoms with van der Waals surface area (Å²) in [5, 5.41) is 0. The average Bonchev–Trinajstić information content (AvgIpc) is 1.85. The molecule has 1 aromatic rings. The molecule has 0 bridgehead atoms. The van der Waals surface area contributed by atoms with Gasteiger partial charge in [-0.25, -0.2) is 0 Å². The molecule has 0 N–H and O–H groups in total. The van der Waals surface area contributed by atoms with Crippen LogP contribution in [0.2, 0.25) is 0 Å². The monoisotopic (exact) mass is 370 g/mol. The molecule has 0 aromatic heterocycles. The third-order valence-corrected chi connectivity index (χ3v) is 1.34. The largest absolute Gasteiger partial charge is 2.00 e. The van der Waals surface area contributed by atoms with Crippen molar-refractivity contribution in [3.63, 3.8) is 0 Å². The number of phosphoric ester groups is 1. The van der Waals surface area contributed by atoms with Gasteiger partial charge in [-0.1, -0.05) is 0 Å². The Morgan fingerprint density at radius 1 is 1.31 bits per heavy atom. The van der Waals surface area contributed by atoms with Gasteiger partial charge in [0.05, 0.1) is 0 Å². The Kier molecular flexibility index (Phi) is 7.47. The van der Waals surface area contributed by atoms with Crippen molar-refractivity contribution in [1.82, 2.24) is 0 Å². The number of benzene rings is 1. The third-order valence-electron chi connectivity index (χ3n) is 0.905. The summed E-state index contributed by atoms with van der Waals surface area (Å²) in [4.78, 5) is 20.1. The Morgan fingerprint density at radius 2 is 1.77 bits per heavy atom. The molecular weight excluding hydrogens is 363 g/mol. The normalized spacial score (nSPS) is 9.38. The van der Waals surface area contributed by atoms with Gasteiger partial charge in [-0.3, -0.25) is 0 Å². The summed E-state index contributed by atoms with van der Waals surface area (Å²) in [5.74, 6) is 0.0112. The summed E-state index contributed by atoms with van der Waals surface area (Å²) in [6.07, 6.45) is 0. The van der Waals surface area contributed by atoms with Crippen LogP contribution in [0, 0.1) is 13.5 Å². The van der Waals surface area contributed by atoms with Crippen molar-refractivity contribution < 1.29 is 39.9 Å². The van der Waals surface area contributed by atoms with Crippen molar-refractivity contribution in [3.05, 3.63) is 37.8 Å². The minimum Gasteiger partial charge on any atom is -0.780 e. The van der Waals surface area contributed by atoms with E-state index in [1.165, 1.54) is 24.3 Å². The second-order valence-electron chi connectivity index (χ2n) is 1.77. The van der Waals surface area contributed by atoms with Crippen molar-refractivity contribution in [3.8, 4) is 5.75 Å². The van der Waals surface area contributed by atoms with Crippen LogP contribution in [0.15, 0.2) is 24.3 Å². The first-order valence-corrected chi connectivity index (χ1v) is 4.22. The van der Waals surface area contributed by atoms with Crippen LogP contribution < -0.4 is 14.3 Å². The average molecular weight is 370 g/mol. The van der Waals surface area contributed by atoms with E-state index in [1.54, 1.807) is 0 Å². The summed E-state index contributed by atoms with van der Waals surface area (Å²) < 4.78 is 14.1. The van der Waals surface area contributed by atoms with Gasteiger partial charge in [0.15, 0.2) is 0 Å². The van der Waals surface area contributed by atoms with E-state index in [2.05, 4.69) is 10.6 Å². The molecule has 6 heteroatoms. The summed E-state index contributed by atoms with van der Waals surface area (Å²) in [6, 6.07) is 8.22. The quantitative estimate of drug-likeness (QED) is 0.549. The molecule has 1 rings (SSSR count). The zero-order valence-corrected chi connectivity index (χ0v) is 10.6. The van der Waals surface area contributed by atoms with Crippen LogP contribution in [0.5, 0.6) is 5.75 Å². The molecule has 0 spiro atoms. The van der Waals surface area contributed by atoms with E-state index < -0.39 is 7.82 Å². The molecule has 0 saturated carbocycles. The van der Waals surface area contributed by atoms with Crippen LogP contribution in [0.25, 0.3) is 0 Å². The van der Waals surface area contributed by atoms with Gasteiger partial charge < -0.3 is 26.3 Å². The molecule has 0 aliphatic rings. The third kappa shape index (κ3) is 6.97. The van der Waals surface area contributed by atoms with Crippen LogP contribution in [0.4, 0.5) is 0 Å². The Bertz CT molecular complexity index is 271. The molecule has 0 fully saturated rings. The van der Waals surface area contributed by atoms with Gasteiger partial charge in [0.25, 0.3) is 0 Å². The topological polar surface area (TPSA) is 72.4 Å². The molecule has 0 atom stereocenters. The Hall–Kier alpha value is -0.142. The molecule has 13 heavy (non-hydrogen) atoms. The first-order valence-electron chi connectivity index (χ1n) is 2.76. The van der Waals surface area contributed by atoms with Crippen LogP contribution in [-0.2, 0) is 25.6 Å². The van der Waals surface area contributed by atoms with Gasteiger partial charge in [-0.2, -0.15) is 18.2 Å². The number of hydrogen-bond acceptors (Lipinski definition) is 4. The Balaban J connectivity index is 0. The van der Waals surface area contributed by atoms with E-state index in [0.29, 0.717) is 0 Å². The van der Waals surface area contributed by atoms with E-state index >= 15 is 0 Å². The summed E-state index contributed by atoms with van der Waals surface area (Å²) in [7, 11) is -4.90. The SMILES string of the molecule is O=P([O-])([O-])Oc1cc[c-]cc1.[CH3-].[W+2]. The van der Waals surface area contributed by atoms with Crippen molar-refractivity contribution in [2.45, 2.75) is 0 Å². The fourth-order valence-corrected chi connectivity index (χ4v) is 0.941. The first kappa shape index (κ1) is 15.3. The predicted molar refractivity (Wildman–Crippen MR) is 39.9 cm³/mol. The summed E-state index contributed by atoms with van der Waals surface area (Å²) in [5.41, 5.74) is 0. The van der Waals surface area contributed by atoms with Gasteiger partial charge in [-0.15, -0.1) is 12.1 Å². The summed E-state index contributed by atoms with van der Waals surface area (Å²) >= 11 is 0. The standard InChI is InChI=1S/C6H6O4P.CH3.W/c7-11(8,9)10-6-4-2-1-3-5-6;;/h2-5H,(H2,7,8,9);1H3;/q2*-1;+2/p-2. The molecule has 0 heterocycles. The van der Waals surface area contributed by atoms with Gasteiger partial charge in [0, 0.05) is 5.75 Å². The molecule has 0 amide bonds. The van der Waals surface area contributed by atoms with Crippen molar-refractivity contribution in [2.24, 2.45) is 0 Å². The number of phosphoric acid groups is 1. The van der Waals surface area contributed by atoms with Crippen LogP contribution >= 0.6 is 7.82 Å². The molecule has 0 aliphatic heterocycles. The zero-order chi connectivity index (χ0) is 8.32. The van der Waals surface area contributed by atoms with Crippen molar-refractivity contribution in [1.29, 1.82) is 0 Å². The second-order valence-corrected chi connectivity index (χ2v) is 2.85. The maximum atomic E-state index is 10.0. The minimum absolute atomic E-state index is 0. The molecule has 4 nitrogen and oxygen atoms in total. The molecule has 0 aliphatic carbocycles. The van der Waals surface area contributed by atoms with Crippen LogP contribution in [0.3, 0.4) is 0 Å². The van der Waals surface area contributed by atoms with E-state index in [9.17, 15) is 14.4 Å². The van der Waals surface area contributed by atoms with Gasteiger partial charge in [0.1, 0.15) is 7.82 Å².